The van der Waals surface area contributed by atoms with Crippen molar-refractivity contribution >= 4 is 39.3 Å². The number of pyridine rings is 1. The van der Waals surface area contributed by atoms with Crippen LogP contribution in [-0.2, 0) is 0 Å². The molecule has 0 aliphatic carbocycles. The Morgan fingerprint density at radius 2 is 2.30 bits per heavy atom. The van der Waals surface area contributed by atoms with E-state index >= 15 is 0 Å². The average molecular weight is 397 g/mol. The Bertz CT molecular complexity index is 723. The second-order valence-electron chi connectivity index (χ2n) is 5.04. The predicted octanol–water partition coefficient (Wildman–Crippen LogP) is 4.12. The molecule has 1 aromatic carbocycles. The molecule has 120 valence electrons. The Balaban J connectivity index is 1.78. The van der Waals surface area contributed by atoms with Crippen molar-refractivity contribution in [3.05, 3.63) is 52.4 Å². The molecule has 4 nitrogen and oxygen atoms in total. The number of halogens is 2. The standard InChI is InChI=1S/C16H14BrFN2O2S/c17-10-3-4-14(13(18)8-10)20-15(21)12-2-1-6-19-16(12)22-11-5-7-23-9-11/h1-4,6,8,11H,5,7,9H2,(H,20,21)/t11-/m0/s1. The quantitative estimate of drug-likeness (QED) is 0.844. The Kier molecular flexibility index (Phi) is 5.17. The number of ether oxygens (including phenoxy) is 1. The Morgan fingerprint density at radius 1 is 1.43 bits per heavy atom. The largest absolute Gasteiger partial charge is 0.473 e. The van der Waals surface area contributed by atoms with E-state index in [1.54, 1.807) is 24.4 Å². The van der Waals surface area contributed by atoms with Crippen molar-refractivity contribution in [3.8, 4) is 5.88 Å². The lowest BCUT2D eigenvalue weighted by atomic mass is 10.2. The lowest BCUT2D eigenvalue weighted by Gasteiger charge is -2.14. The van der Waals surface area contributed by atoms with Crippen molar-refractivity contribution in [2.45, 2.75) is 12.5 Å². The first kappa shape index (κ1) is 16.3. The van der Waals surface area contributed by atoms with E-state index in [0.717, 1.165) is 17.9 Å². The fourth-order valence-corrected chi connectivity index (χ4v) is 3.63. The van der Waals surface area contributed by atoms with Gasteiger partial charge in [-0.25, -0.2) is 9.37 Å². The van der Waals surface area contributed by atoms with E-state index in [0.29, 0.717) is 10.0 Å². The molecule has 2 aromatic rings. The van der Waals surface area contributed by atoms with Gasteiger partial charge in [0.2, 0.25) is 5.88 Å². The maximum Gasteiger partial charge on any atom is 0.261 e. The summed E-state index contributed by atoms with van der Waals surface area (Å²) in [6.45, 7) is 0. The number of hydrogen-bond donors (Lipinski definition) is 1. The summed E-state index contributed by atoms with van der Waals surface area (Å²) >= 11 is 5.00. The average Bonchev–Trinajstić information content (AvgIpc) is 3.03. The normalized spacial score (nSPS) is 17.0. The number of nitrogens with one attached hydrogen (secondary N) is 1. The van der Waals surface area contributed by atoms with Gasteiger partial charge in [0.1, 0.15) is 17.5 Å². The van der Waals surface area contributed by atoms with Crippen LogP contribution in [0.25, 0.3) is 0 Å². The number of benzene rings is 1. The van der Waals surface area contributed by atoms with E-state index in [1.165, 1.54) is 12.1 Å². The summed E-state index contributed by atoms with van der Waals surface area (Å²) in [6, 6.07) is 7.74. The molecule has 1 atom stereocenters. The molecule has 7 heteroatoms. The van der Waals surface area contributed by atoms with Crippen LogP contribution in [0.1, 0.15) is 16.8 Å². The first-order valence-corrected chi connectivity index (χ1v) is 9.04. The number of anilines is 1. The third-order valence-corrected chi connectivity index (χ3v) is 4.99. The van der Waals surface area contributed by atoms with Crippen LogP contribution < -0.4 is 10.1 Å². The van der Waals surface area contributed by atoms with Crippen LogP contribution in [0.15, 0.2) is 41.0 Å². The summed E-state index contributed by atoms with van der Waals surface area (Å²) in [4.78, 5) is 16.6. The van der Waals surface area contributed by atoms with E-state index in [2.05, 4.69) is 26.2 Å². The van der Waals surface area contributed by atoms with Crippen LogP contribution in [0, 0.1) is 5.82 Å². The van der Waals surface area contributed by atoms with Gasteiger partial charge in [0, 0.05) is 16.4 Å². The van der Waals surface area contributed by atoms with E-state index in [-0.39, 0.29) is 17.7 Å². The minimum absolute atomic E-state index is 0.0610. The number of hydrogen-bond acceptors (Lipinski definition) is 4. The van der Waals surface area contributed by atoms with Gasteiger partial charge in [0.05, 0.1) is 5.69 Å². The van der Waals surface area contributed by atoms with E-state index in [1.807, 2.05) is 11.8 Å². The van der Waals surface area contributed by atoms with Gasteiger partial charge < -0.3 is 10.1 Å². The smallest absolute Gasteiger partial charge is 0.261 e. The van der Waals surface area contributed by atoms with Crippen LogP contribution in [0.4, 0.5) is 10.1 Å². The van der Waals surface area contributed by atoms with Crippen LogP contribution in [0.5, 0.6) is 5.88 Å². The van der Waals surface area contributed by atoms with Crippen molar-refractivity contribution in [1.82, 2.24) is 4.98 Å². The summed E-state index contributed by atoms with van der Waals surface area (Å²) in [5.41, 5.74) is 0.413. The fourth-order valence-electron chi connectivity index (χ4n) is 2.20. The van der Waals surface area contributed by atoms with Crippen LogP contribution in [-0.4, -0.2) is 28.5 Å². The van der Waals surface area contributed by atoms with Gasteiger partial charge in [-0.1, -0.05) is 15.9 Å². The van der Waals surface area contributed by atoms with Gasteiger partial charge >= 0.3 is 0 Å². The van der Waals surface area contributed by atoms with Crippen LogP contribution >= 0.6 is 27.7 Å². The monoisotopic (exact) mass is 396 g/mol. The van der Waals surface area contributed by atoms with E-state index in [4.69, 9.17) is 4.74 Å². The molecule has 1 saturated heterocycles. The molecule has 3 rings (SSSR count). The van der Waals surface area contributed by atoms with Crippen molar-refractivity contribution in [2.75, 3.05) is 16.8 Å². The molecule has 1 N–H and O–H groups in total. The van der Waals surface area contributed by atoms with Crippen molar-refractivity contribution in [2.24, 2.45) is 0 Å². The molecule has 0 unspecified atom stereocenters. The van der Waals surface area contributed by atoms with Gasteiger partial charge in [-0.2, -0.15) is 11.8 Å². The lowest BCUT2D eigenvalue weighted by molar-refractivity contribution is 0.101. The highest BCUT2D eigenvalue weighted by atomic mass is 79.9. The molecule has 0 spiro atoms. The fraction of sp³-hybridized carbons (Fsp3) is 0.250. The van der Waals surface area contributed by atoms with Crippen molar-refractivity contribution in [1.29, 1.82) is 0 Å². The maximum atomic E-state index is 13.9. The first-order chi connectivity index (χ1) is 11.1. The summed E-state index contributed by atoms with van der Waals surface area (Å²) in [7, 11) is 0. The summed E-state index contributed by atoms with van der Waals surface area (Å²) in [6.07, 6.45) is 2.57. The number of rotatable bonds is 4. The third kappa shape index (κ3) is 4.03. The molecule has 0 bridgehead atoms. The number of nitrogens with zero attached hydrogens (tertiary/aromatic N) is 1. The number of aromatic nitrogens is 1. The number of carbonyl (C=O) groups is 1. The lowest BCUT2D eigenvalue weighted by Crippen LogP contribution is -2.20. The van der Waals surface area contributed by atoms with E-state index < -0.39 is 11.7 Å². The highest BCUT2D eigenvalue weighted by Crippen LogP contribution is 2.25. The van der Waals surface area contributed by atoms with Crippen LogP contribution in [0.2, 0.25) is 0 Å². The summed E-state index contributed by atoms with van der Waals surface area (Å²) < 4.78 is 20.3. The minimum Gasteiger partial charge on any atom is -0.473 e. The molecule has 1 amide bonds. The maximum absolute atomic E-state index is 13.9. The van der Waals surface area contributed by atoms with E-state index in [9.17, 15) is 9.18 Å². The highest BCUT2D eigenvalue weighted by Gasteiger charge is 2.21. The Hall–Kier alpha value is -1.60. The molecule has 0 radical (unpaired) electrons. The zero-order chi connectivity index (χ0) is 16.2. The predicted molar refractivity (Wildman–Crippen MR) is 92.6 cm³/mol. The molecule has 1 aliphatic heterocycles. The molecule has 1 aliphatic rings. The molecule has 0 saturated carbocycles. The highest BCUT2D eigenvalue weighted by molar-refractivity contribution is 9.10. The SMILES string of the molecule is O=C(Nc1ccc(Br)cc1F)c1cccnc1O[C@H]1CCSC1. The Labute approximate surface area is 146 Å². The number of carbonyl (C=O) groups excluding carboxylic acids is 1. The van der Waals surface area contributed by atoms with Gasteiger partial charge in [-0.05, 0) is 42.5 Å². The Morgan fingerprint density at radius 3 is 3.04 bits per heavy atom. The third-order valence-electron chi connectivity index (χ3n) is 3.36. The molecule has 1 fully saturated rings. The topological polar surface area (TPSA) is 51.2 Å². The molecular weight excluding hydrogens is 383 g/mol. The zero-order valence-corrected chi connectivity index (χ0v) is 14.5. The summed E-state index contributed by atoms with van der Waals surface area (Å²) in [5, 5.41) is 2.56. The molecule has 23 heavy (non-hydrogen) atoms. The van der Waals surface area contributed by atoms with Gasteiger partial charge in [-0.3, -0.25) is 4.79 Å². The molecular formula is C16H14BrFN2O2S. The number of thioether (sulfide) groups is 1. The van der Waals surface area contributed by atoms with Crippen molar-refractivity contribution in [3.63, 3.8) is 0 Å². The molecule has 2 heterocycles. The number of amides is 1. The minimum atomic E-state index is -0.508. The zero-order valence-electron chi connectivity index (χ0n) is 12.1. The second kappa shape index (κ2) is 7.31. The molecule has 1 aromatic heterocycles. The first-order valence-electron chi connectivity index (χ1n) is 7.09. The van der Waals surface area contributed by atoms with Gasteiger partial charge in [-0.15, -0.1) is 0 Å². The van der Waals surface area contributed by atoms with Crippen LogP contribution in [0.3, 0.4) is 0 Å². The van der Waals surface area contributed by atoms with Gasteiger partial charge in [0.25, 0.3) is 5.91 Å². The van der Waals surface area contributed by atoms with Gasteiger partial charge in [0.15, 0.2) is 0 Å². The van der Waals surface area contributed by atoms with Crippen molar-refractivity contribution < 1.29 is 13.9 Å². The second-order valence-corrected chi connectivity index (χ2v) is 7.10. The summed E-state index contributed by atoms with van der Waals surface area (Å²) in [5.74, 6) is 1.27.